The summed E-state index contributed by atoms with van der Waals surface area (Å²) in [5.74, 6) is 1.33. The van der Waals surface area contributed by atoms with Crippen LogP contribution < -0.4 is 15.4 Å². The van der Waals surface area contributed by atoms with E-state index < -0.39 is 5.60 Å². The molecule has 0 radical (unpaired) electrons. The number of fused-ring (bicyclic) bond motifs is 1. The van der Waals surface area contributed by atoms with Gasteiger partial charge in [0.2, 0.25) is 5.88 Å². The highest BCUT2D eigenvalue weighted by Gasteiger charge is 2.28. The van der Waals surface area contributed by atoms with Crippen LogP contribution in [0.15, 0.2) is 24.3 Å². The lowest BCUT2D eigenvalue weighted by Crippen LogP contribution is -2.46. The summed E-state index contributed by atoms with van der Waals surface area (Å²) in [4.78, 5) is 8.84. The van der Waals surface area contributed by atoms with Gasteiger partial charge in [-0.25, -0.2) is 9.97 Å². The molecule has 0 spiro atoms. The first-order chi connectivity index (χ1) is 10.2. The second-order valence-electron chi connectivity index (χ2n) is 5.42. The molecule has 1 aliphatic rings. The first-order valence-corrected chi connectivity index (χ1v) is 7.17. The van der Waals surface area contributed by atoms with Crippen molar-refractivity contribution >= 4 is 16.9 Å². The number of aliphatic hydroxyl groups is 1. The van der Waals surface area contributed by atoms with Gasteiger partial charge in [0, 0.05) is 12.6 Å². The van der Waals surface area contributed by atoms with Crippen LogP contribution >= 0.6 is 0 Å². The van der Waals surface area contributed by atoms with Gasteiger partial charge in [0.1, 0.15) is 5.82 Å². The van der Waals surface area contributed by atoms with Crippen molar-refractivity contribution < 1.29 is 9.84 Å². The van der Waals surface area contributed by atoms with Crippen LogP contribution in [0.4, 0.5) is 5.82 Å². The maximum Gasteiger partial charge on any atom is 0.213 e. The number of ether oxygens (including phenoxy) is 1. The largest absolute Gasteiger partial charge is 0.481 e. The summed E-state index contributed by atoms with van der Waals surface area (Å²) in [5.41, 5.74) is 0.943. The molecule has 21 heavy (non-hydrogen) atoms. The molecule has 1 saturated heterocycles. The minimum absolute atomic E-state index is 0.511. The number of pyridine rings is 2. The highest BCUT2D eigenvalue weighted by molar-refractivity contribution is 5.76. The van der Waals surface area contributed by atoms with E-state index in [1.807, 2.05) is 18.2 Å². The van der Waals surface area contributed by atoms with Gasteiger partial charge >= 0.3 is 0 Å². The Hall–Kier alpha value is -1.92. The number of hydrogen-bond donors (Lipinski definition) is 3. The van der Waals surface area contributed by atoms with Gasteiger partial charge in [-0.1, -0.05) is 0 Å². The first kappa shape index (κ1) is 14.0. The average molecular weight is 288 g/mol. The number of anilines is 1. The van der Waals surface area contributed by atoms with Gasteiger partial charge in [-0.15, -0.1) is 0 Å². The minimum atomic E-state index is -0.653. The molecule has 0 saturated carbocycles. The van der Waals surface area contributed by atoms with Crippen molar-refractivity contribution in [2.24, 2.45) is 0 Å². The third kappa shape index (κ3) is 3.22. The molecule has 0 aromatic carbocycles. The molecule has 0 bridgehead atoms. The summed E-state index contributed by atoms with van der Waals surface area (Å²) in [6.07, 6.45) is 1.51. The molecule has 6 heteroatoms. The molecule has 3 heterocycles. The Bertz CT molecular complexity index is 626. The van der Waals surface area contributed by atoms with Crippen LogP contribution in [0.5, 0.6) is 5.88 Å². The highest BCUT2D eigenvalue weighted by Crippen LogP contribution is 2.20. The molecule has 3 N–H and O–H groups in total. The SMILES string of the molecule is COc1ccc2nc(NCC3(O)CCNCC3)ccc2n1. The third-order valence-electron chi connectivity index (χ3n) is 3.86. The molecule has 2 aromatic rings. The van der Waals surface area contributed by atoms with Crippen molar-refractivity contribution in [2.45, 2.75) is 18.4 Å². The Balaban J connectivity index is 1.72. The fourth-order valence-corrected chi connectivity index (χ4v) is 2.53. The lowest BCUT2D eigenvalue weighted by atomic mass is 9.92. The van der Waals surface area contributed by atoms with Crippen molar-refractivity contribution in [2.75, 3.05) is 32.1 Å². The quantitative estimate of drug-likeness (QED) is 0.783. The lowest BCUT2D eigenvalue weighted by molar-refractivity contribution is 0.0231. The van der Waals surface area contributed by atoms with E-state index in [-0.39, 0.29) is 0 Å². The van der Waals surface area contributed by atoms with E-state index in [9.17, 15) is 5.11 Å². The average Bonchev–Trinajstić information content (AvgIpc) is 2.53. The molecule has 0 amide bonds. The van der Waals surface area contributed by atoms with Gasteiger partial charge in [-0.2, -0.15) is 0 Å². The zero-order valence-corrected chi connectivity index (χ0v) is 12.1. The first-order valence-electron chi connectivity index (χ1n) is 7.17. The molecular formula is C15H20N4O2. The molecule has 0 aliphatic carbocycles. The van der Waals surface area contributed by atoms with Gasteiger partial charge in [0.25, 0.3) is 0 Å². The van der Waals surface area contributed by atoms with Crippen LogP contribution in [0.25, 0.3) is 11.0 Å². The van der Waals surface area contributed by atoms with Crippen molar-refractivity contribution in [1.29, 1.82) is 0 Å². The van der Waals surface area contributed by atoms with Gasteiger partial charge in [0.05, 0.1) is 23.7 Å². The van der Waals surface area contributed by atoms with E-state index in [4.69, 9.17) is 4.74 Å². The van der Waals surface area contributed by atoms with E-state index in [0.717, 1.165) is 42.8 Å². The maximum absolute atomic E-state index is 10.5. The zero-order valence-electron chi connectivity index (χ0n) is 12.1. The predicted octanol–water partition coefficient (Wildman–Crippen LogP) is 1.16. The highest BCUT2D eigenvalue weighted by atomic mass is 16.5. The van der Waals surface area contributed by atoms with E-state index in [0.29, 0.717) is 12.4 Å². The predicted molar refractivity (Wildman–Crippen MR) is 81.6 cm³/mol. The standard InChI is InChI=1S/C15H20N4O2/c1-21-14-5-3-11-12(19-14)2-4-13(18-11)17-10-15(20)6-8-16-9-7-15/h2-5,16,20H,6-10H2,1H3,(H,17,18). The minimum Gasteiger partial charge on any atom is -0.481 e. The Kier molecular flexibility index (Phi) is 3.90. The second kappa shape index (κ2) is 5.83. The van der Waals surface area contributed by atoms with Crippen molar-refractivity contribution in [1.82, 2.24) is 15.3 Å². The number of piperidine rings is 1. The van der Waals surface area contributed by atoms with Crippen LogP contribution in [0.3, 0.4) is 0 Å². The monoisotopic (exact) mass is 288 g/mol. The van der Waals surface area contributed by atoms with Gasteiger partial charge in [-0.3, -0.25) is 0 Å². The summed E-state index contributed by atoms with van der Waals surface area (Å²) in [6.45, 7) is 2.22. The smallest absolute Gasteiger partial charge is 0.213 e. The maximum atomic E-state index is 10.5. The van der Waals surface area contributed by atoms with Crippen LogP contribution in [0.2, 0.25) is 0 Å². The van der Waals surface area contributed by atoms with Crippen molar-refractivity contribution in [3.8, 4) is 5.88 Å². The topological polar surface area (TPSA) is 79.3 Å². The lowest BCUT2D eigenvalue weighted by Gasteiger charge is -2.32. The van der Waals surface area contributed by atoms with Crippen molar-refractivity contribution in [3.05, 3.63) is 24.3 Å². The molecule has 6 nitrogen and oxygen atoms in total. The second-order valence-corrected chi connectivity index (χ2v) is 5.42. The van der Waals surface area contributed by atoms with Crippen molar-refractivity contribution in [3.63, 3.8) is 0 Å². The van der Waals surface area contributed by atoms with E-state index in [1.165, 1.54) is 0 Å². The molecule has 0 atom stereocenters. The summed E-state index contributed by atoms with van der Waals surface area (Å²) >= 11 is 0. The molecular weight excluding hydrogens is 268 g/mol. The molecule has 1 aliphatic heterocycles. The van der Waals surface area contributed by atoms with Crippen LogP contribution in [-0.4, -0.2) is 47.4 Å². The summed E-state index contributed by atoms with van der Waals surface area (Å²) < 4.78 is 5.10. The number of hydrogen-bond acceptors (Lipinski definition) is 6. The van der Waals surface area contributed by atoms with Crippen LogP contribution in [0.1, 0.15) is 12.8 Å². The molecule has 1 fully saturated rings. The number of rotatable bonds is 4. The Labute approximate surface area is 123 Å². The number of nitrogens with one attached hydrogen (secondary N) is 2. The zero-order chi connectivity index (χ0) is 14.7. The Morgan fingerprint density at radius 2 is 1.90 bits per heavy atom. The third-order valence-corrected chi connectivity index (χ3v) is 3.86. The van der Waals surface area contributed by atoms with Gasteiger partial charge in [0.15, 0.2) is 0 Å². The normalized spacial score (nSPS) is 17.6. The van der Waals surface area contributed by atoms with E-state index in [2.05, 4.69) is 20.6 Å². The summed E-state index contributed by atoms with van der Waals surface area (Å²) in [6, 6.07) is 7.45. The number of nitrogens with zero attached hydrogens (tertiary/aromatic N) is 2. The number of methoxy groups -OCH3 is 1. The number of aromatic nitrogens is 2. The van der Waals surface area contributed by atoms with Gasteiger partial charge in [-0.05, 0) is 44.1 Å². The van der Waals surface area contributed by atoms with Crippen LogP contribution in [-0.2, 0) is 0 Å². The van der Waals surface area contributed by atoms with E-state index >= 15 is 0 Å². The van der Waals surface area contributed by atoms with Crippen LogP contribution in [0, 0.1) is 0 Å². The Morgan fingerprint density at radius 3 is 2.67 bits per heavy atom. The molecule has 112 valence electrons. The summed E-state index contributed by atoms with van der Waals surface area (Å²) in [7, 11) is 1.59. The van der Waals surface area contributed by atoms with Gasteiger partial charge < -0.3 is 20.5 Å². The molecule has 2 aromatic heterocycles. The summed E-state index contributed by atoms with van der Waals surface area (Å²) in [5, 5.41) is 16.9. The Morgan fingerprint density at radius 1 is 1.19 bits per heavy atom. The molecule has 0 unspecified atom stereocenters. The van der Waals surface area contributed by atoms with E-state index in [1.54, 1.807) is 13.2 Å². The molecule has 3 rings (SSSR count). The fraction of sp³-hybridized carbons (Fsp3) is 0.467. The fourth-order valence-electron chi connectivity index (χ4n) is 2.53.